The Hall–Kier alpha value is -2.12. The smallest absolute Gasteiger partial charge is 0.240 e. The molecule has 1 aromatic rings. The van der Waals surface area contributed by atoms with Crippen molar-refractivity contribution in [1.29, 1.82) is 0 Å². The summed E-state index contributed by atoms with van der Waals surface area (Å²) in [6.45, 7) is 0.461. The van der Waals surface area contributed by atoms with Gasteiger partial charge in [0, 0.05) is 5.69 Å². The fraction of sp³-hybridized carbons (Fsp3) is 0.429. The molecule has 0 spiro atoms. The van der Waals surface area contributed by atoms with Gasteiger partial charge in [-0.2, -0.15) is 0 Å². The number of aliphatic hydroxyl groups is 1. The van der Waals surface area contributed by atoms with E-state index in [-0.39, 0.29) is 25.2 Å². The zero-order chi connectivity index (χ0) is 15.5. The Kier molecular flexibility index (Phi) is 7.85. The lowest BCUT2D eigenvalue weighted by atomic mass is 10.2. The van der Waals surface area contributed by atoms with E-state index in [9.17, 15) is 9.59 Å². The van der Waals surface area contributed by atoms with Crippen LogP contribution in [-0.2, 0) is 16.2 Å². The summed E-state index contributed by atoms with van der Waals surface area (Å²) in [6, 6.07) is 7.27. The highest BCUT2D eigenvalue weighted by Gasteiger charge is 2.11. The van der Waals surface area contributed by atoms with E-state index in [1.807, 2.05) is 12.1 Å². The van der Waals surface area contributed by atoms with Gasteiger partial charge in [0.15, 0.2) is 0 Å². The zero-order valence-corrected chi connectivity index (χ0v) is 11.8. The molecule has 1 unspecified atom stereocenters. The van der Waals surface area contributed by atoms with Crippen molar-refractivity contribution in [3.05, 3.63) is 29.8 Å². The molecule has 0 saturated carbocycles. The van der Waals surface area contributed by atoms with Crippen LogP contribution in [0.4, 0.5) is 5.69 Å². The molecule has 1 atom stereocenters. The van der Waals surface area contributed by atoms with Crippen LogP contribution in [0.25, 0.3) is 0 Å². The molecule has 7 nitrogen and oxygen atoms in total. The quantitative estimate of drug-likeness (QED) is 0.295. The summed E-state index contributed by atoms with van der Waals surface area (Å²) in [6.07, 6.45) is 1.64. The van der Waals surface area contributed by atoms with Gasteiger partial charge in [-0.1, -0.05) is 12.1 Å². The van der Waals surface area contributed by atoms with Crippen LogP contribution < -0.4 is 21.7 Å². The number of hydrogen-bond donors (Lipinski definition) is 5. The van der Waals surface area contributed by atoms with Gasteiger partial charge in [-0.3, -0.25) is 9.59 Å². The van der Waals surface area contributed by atoms with Crippen LogP contribution in [0.2, 0.25) is 0 Å². The molecule has 0 aromatic heterocycles. The van der Waals surface area contributed by atoms with Crippen LogP contribution in [0.5, 0.6) is 0 Å². The molecule has 0 aliphatic rings. The number of benzene rings is 1. The van der Waals surface area contributed by atoms with Crippen molar-refractivity contribution >= 4 is 18.0 Å². The third kappa shape index (κ3) is 6.73. The van der Waals surface area contributed by atoms with Crippen molar-refractivity contribution in [3.63, 3.8) is 0 Å². The molecule has 1 aromatic carbocycles. The monoisotopic (exact) mass is 294 g/mol. The number of aliphatic hydroxyl groups excluding tert-OH is 1. The lowest BCUT2D eigenvalue weighted by molar-refractivity contribution is -0.122. The lowest BCUT2D eigenvalue weighted by Crippen LogP contribution is -2.44. The van der Waals surface area contributed by atoms with E-state index < -0.39 is 0 Å². The third-order valence-electron chi connectivity index (χ3n) is 2.86. The van der Waals surface area contributed by atoms with Crippen molar-refractivity contribution in [2.75, 3.05) is 18.4 Å². The summed E-state index contributed by atoms with van der Waals surface area (Å²) in [5, 5.41) is 17.3. The maximum atomic E-state index is 11.6. The van der Waals surface area contributed by atoms with Gasteiger partial charge in [0.2, 0.25) is 12.3 Å². The number of rotatable bonds is 10. The second-order valence-electron chi connectivity index (χ2n) is 4.55. The predicted molar refractivity (Wildman–Crippen MR) is 80.3 cm³/mol. The first-order valence-corrected chi connectivity index (χ1v) is 6.82. The first-order valence-electron chi connectivity index (χ1n) is 6.82. The summed E-state index contributed by atoms with van der Waals surface area (Å²) < 4.78 is 0. The third-order valence-corrected chi connectivity index (χ3v) is 2.86. The molecule has 0 radical (unpaired) electrons. The molecule has 0 saturated heterocycles. The van der Waals surface area contributed by atoms with Gasteiger partial charge in [-0.05, 0) is 37.1 Å². The number of nitrogens with two attached hydrogens (primary N) is 1. The van der Waals surface area contributed by atoms with Crippen LogP contribution in [-0.4, -0.2) is 36.7 Å². The van der Waals surface area contributed by atoms with Crippen molar-refractivity contribution in [1.82, 2.24) is 10.6 Å². The number of hydrogen-bond acceptors (Lipinski definition) is 5. The topological polar surface area (TPSA) is 116 Å². The molecule has 2 amide bonds. The Morgan fingerprint density at radius 3 is 2.62 bits per heavy atom. The molecule has 0 bridgehead atoms. The van der Waals surface area contributed by atoms with E-state index in [2.05, 4.69) is 16.0 Å². The molecule has 21 heavy (non-hydrogen) atoms. The highest BCUT2D eigenvalue weighted by molar-refractivity contribution is 5.80. The van der Waals surface area contributed by atoms with Gasteiger partial charge in [0.05, 0.1) is 19.3 Å². The average molecular weight is 294 g/mol. The Morgan fingerprint density at radius 1 is 1.33 bits per heavy atom. The SMILES string of the molecule is NCCCC(NC(=O)CNC=O)Nc1ccc(CO)cc1. The van der Waals surface area contributed by atoms with Crippen LogP contribution >= 0.6 is 0 Å². The van der Waals surface area contributed by atoms with Crippen LogP contribution in [0.1, 0.15) is 18.4 Å². The van der Waals surface area contributed by atoms with Gasteiger partial charge < -0.3 is 26.8 Å². The molecule has 0 heterocycles. The second kappa shape index (κ2) is 9.73. The van der Waals surface area contributed by atoms with E-state index in [1.165, 1.54) is 0 Å². The Balaban J connectivity index is 2.58. The van der Waals surface area contributed by atoms with Gasteiger partial charge in [-0.25, -0.2) is 0 Å². The number of anilines is 1. The van der Waals surface area contributed by atoms with Crippen LogP contribution in [0.15, 0.2) is 24.3 Å². The van der Waals surface area contributed by atoms with Crippen molar-refractivity contribution in [2.45, 2.75) is 25.6 Å². The van der Waals surface area contributed by atoms with E-state index in [4.69, 9.17) is 10.8 Å². The summed E-state index contributed by atoms with van der Waals surface area (Å²) in [7, 11) is 0. The largest absolute Gasteiger partial charge is 0.392 e. The molecular formula is C14H22N4O3. The van der Waals surface area contributed by atoms with Gasteiger partial charge in [0.25, 0.3) is 0 Å². The molecule has 116 valence electrons. The summed E-state index contributed by atoms with van der Waals surface area (Å²) in [5.41, 5.74) is 7.14. The standard InChI is InChI=1S/C14H22N4O3/c15-7-1-2-13(18-14(21)8-16-10-20)17-12-5-3-11(9-19)4-6-12/h3-6,10,13,17,19H,1-2,7-9,15H2,(H,16,20)(H,18,21). The zero-order valence-electron chi connectivity index (χ0n) is 11.8. The minimum atomic E-state index is -0.274. The number of amides is 2. The van der Waals surface area contributed by atoms with E-state index in [1.54, 1.807) is 12.1 Å². The fourth-order valence-corrected chi connectivity index (χ4v) is 1.79. The molecular weight excluding hydrogens is 272 g/mol. The van der Waals surface area contributed by atoms with E-state index in [0.29, 0.717) is 19.4 Å². The molecule has 6 N–H and O–H groups in total. The number of carbonyl (C=O) groups is 2. The first-order chi connectivity index (χ1) is 10.2. The van der Waals surface area contributed by atoms with Gasteiger partial charge in [-0.15, -0.1) is 0 Å². The maximum absolute atomic E-state index is 11.6. The maximum Gasteiger partial charge on any atom is 0.240 e. The Bertz CT molecular complexity index is 436. The van der Waals surface area contributed by atoms with Gasteiger partial charge >= 0.3 is 0 Å². The normalized spacial score (nSPS) is 11.5. The van der Waals surface area contributed by atoms with Crippen LogP contribution in [0, 0.1) is 0 Å². The second-order valence-corrected chi connectivity index (χ2v) is 4.55. The van der Waals surface area contributed by atoms with E-state index >= 15 is 0 Å². The average Bonchev–Trinajstić information content (AvgIpc) is 2.51. The minimum absolute atomic E-state index is 0.00895. The number of carbonyl (C=O) groups excluding carboxylic acids is 2. The first kappa shape index (κ1) is 16.9. The van der Waals surface area contributed by atoms with Crippen molar-refractivity contribution in [3.8, 4) is 0 Å². The van der Waals surface area contributed by atoms with E-state index in [0.717, 1.165) is 17.7 Å². The summed E-state index contributed by atoms with van der Waals surface area (Å²) >= 11 is 0. The Labute approximate surface area is 123 Å². The lowest BCUT2D eigenvalue weighted by Gasteiger charge is -2.21. The van der Waals surface area contributed by atoms with Crippen molar-refractivity contribution in [2.24, 2.45) is 5.73 Å². The molecule has 0 aliphatic carbocycles. The number of nitrogens with one attached hydrogen (secondary N) is 3. The minimum Gasteiger partial charge on any atom is -0.392 e. The highest BCUT2D eigenvalue weighted by Crippen LogP contribution is 2.11. The molecule has 1 rings (SSSR count). The van der Waals surface area contributed by atoms with Crippen molar-refractivity contribution < 1.29 is 14.7 Å². The fourth-order valence-electron chi connectivity index (χ4n) is 1.79. The Morgan fingerprint density at radius 2 is 2.05 bits per heavy atom. The van der Waals surface area contributed by atoms with Gasteiger partial charge in [0.1, 0.15) is 0 Å². The molecule has 7 heteroatoms. The summed E-state index contributed by atoms with van der Waals surface area (Å²) in [4.78, 5) is 21.8. The highest BCUT2D eigenvalue weighted by atomic mass is 16.3. The molecule has 0 aliphatic heterocycles. The summed E-state index contributed by atoms with van der Waals surface area (Å²) in [5.74, 6) is -0.274. The van der Waals surface area contributed by atoms with Crippen LogP contribution in [0.3, 0.4) is 0 Å². The molecule has 0 fully saturated rings. The predicted octanol–water partition coefficient (Wildman–Crippen LogP) is -0.482.